The van der Waals surface area contributed by atoms with Gasteiger partial charge in [-0.2, -0.15) is 0 Å². The van der Waals surface area contributed by atoms with Gasteiger partial charge < -0.3 is 11.5 Å². The van der Waals surface area contributed by atoms with Gasteiger partial charge in [0.1, 0.15) is 5.82 Å². The van der Waals surface area contributed by atoms with E-state index in [1.165, 1.54) is 12.1 Å². The van der Waals surface area contributed by atoms with Gasteiger partial charge in [-0.05, 0) is 99.5 Å². The van der Waals surface area contributed by atoms with Crippen LogP contribution < -0.4 is 11.5 Å². The lowest BCUT2D eigenvalue weighted by Gasteiger charge is -2.21. The molecule has 0 saturated carbocycles. The number of hydrogen-bond donors (Lipinski definition) is 2. The van der Waals surface area contributed by atoms with Crippen LogP contribution in [0.15, 0.2) is 42.5 Å². The standard InChI is InChI=1S/C28H29F3N2/c1-5-20-24(29)7-6-16-9-18(32)12-22(26(16)20)15(4)8-17-10-25(30)28(31)27-21(14(2)3)11-19(33)13-23(17)27/h6-7,9-15H,5,8,32-33H2,1-4H3. The van der Waals surface area contributed by atoms with Gasteiger partial charge in [0.15, 0.2) is 11.6 Å². The Bertz CT molecular complexity index is 1380. The fourth-order valence-corrected chi connectivity index (χ4v) is 4.97. The van der Waals surface area contributed by atoms with Crippen molar-refractivity contribution in [2.75, 3.05) is 11.5 Å². The molecule has 0 spiro atoms. The molecule has 4 N–H and O–H groups in total. The van der Waals surface area contributed by atoms with Crippen LogP contribution in [0.25, 0.3) is 21.5 Å². The molecule has 1 unspecified atom stereocenters. The normalized spacial score (nSPS) is 12.7. The SMILES string of the molecule is CCc1c(F)ccc2cc(N)cc(C(C)Cc3cc(F)c(F)c4c(C(C)C)cc(N)cc34)c12. The summed E-state index contributed by atoms with van der Waals surface area (Å²) in [5.74, 6) is -2.13. The fourth-order valence-electron chi connectivity index (χ4n) is 4.97. The van der Waals surface area contributed by atoms with Crippen LogP contribution in [0.3, 0.4) is 0 Å². The summed E-state index contributed by atoms with van der Waals surface area (Å²) < 4.78 is 44.3. The zero-order chi connectivity index (χ0) is 24.0. The highest BCUT2D eigenvalue weighted by atomic mass is 19.2. The van der Waals surface area contributed by atoms with Gasteiger partial charge in [-0.25, -0.2) is 13.2 Å². The van der Waals surface area contributed by atoms with Crippen molar-refractivity contribution in [1.82, 2.24) is 0 Å². The average molecular weight is 451 g/mol. The summed E-state index contributed by atoms with van der Waals surface area (Å²) in [5.41, 5.74) is 16.3. The molecule has 2 nitrogen and oxygen atoms in total. The van der Waals surface area contributed by atoms with E-state index in [4.69, 9.17) is 11.5 Å². The van der Waals surface area contributed by atoms with Crippen LogP contribution in [-0.2, 0) is 12.8 Å². The van der Waals surface area contributed by atoms with E-state index in [0.717, 1.165) is 16.3 Å². The summed E-state index contributed by atoms with van der Waals surface area (Å²) in [6.45, 7) is 7.78. The Kier molecular flexibility index (Phi) is 6.00. The first-order valence-electron chi connectivity index (χ1n) is 11.3. The molecule has 0 aliphatic carbocycles. The van der Waals surface area contributed by atoms with Crippen LogP contribution in [0.2, 0.25) is 0 Å². The molecule has 0 bridgehead atoms. The highest BCUT2D eigenvalue weighted by Gasteiger charge is 2.21. The molecule has 0 aromatic heterocycles. The van der Waals surface area contributed by atoms with Gasteiger partial charge in [-0.15, -0.1) is 0 Å². The summed E-state index contributed by atoms with van der Waals surface area (Å²) >= 11 is 0. The number of fused-ring (bicyclic) bond motifs is 2. The maximum absolute atomic E-state index is 14.9. The van der Waals surface area contributed by atoms with Crippen molar-refractivity contribution in [2.24, 2.45) is 0 Å². The van der Waals surface area contributed by atoms with Crippen molar-refractivity contribution < 1.29 is 13.2 Å². The Labute approximate surface area is 192 Å². The van der Waals surface area contributed by atoms with Crippen molar-refractivity contribution >= 4 is 32.9 Å². The van der Waals surface area contributed by atoms with E-state index in [0.29, 0.717) is 46.3 Å². The number of nitrogen functional groups attached to an aromatic ring is 2. The van der Waals surface area contributed by atoms with Crippen LogP contribution in [0.5, 0.6) is 0 Å². The minimum atomic E-state index is -0.880. The first kappa shape index (κ1) is 23.0. The molecule has 0 amide bonds. The maximum atomic E-state index is 14.9. The molecule has 4 aromatic rings. The second kappa shape index (κ2) is 8.62. The third-order valence-electron chi connectivity index (χ3n) is 6.52. The first-order valence-corrected chi connectivity index (χ1v) is 11.3. The van der Waals surface area contributed by atoms with Gasteiger partial charge in [0, 0.05) is 16.8 Å². The van der Waals surface area contributed by atoms with E-state index in [1.54, 1.807) is 18.2 Å². The Morgan fingerprint density at radius 2 is 1.45 bits per heavy atom. The predicted octanol–water partition coefficient (Wildman–Crippen LogP) is 7.61. The van der Waals surface area contributed by atoms with E-state index in [2.05, 4.69) is 0 Å². The fraction of sp³-hybridized carbons (Fsp3) is 0.286. The number of nitrogens with two attached hydrogens (primary N) is 2. The van der Waals surface area contributed by atoms with Gasteiger partial charge in [0.25, 0.3) is 0 Å². The molecule has 0 heterocycles. The van der Waals surface area contributed by atoms with Crippen molar-refractivity contribution in [3.63, 3.8) is 0 Å². The van der Waals surface area contributed by atoms with E-state index in [-0.39, 0.29) is 23.0 Å². The molecule has 4 rings (SSSR count). The molecular weight excluding hydrogens is 421 g/mol. The zero-order valence-electron chi connectivity index (χ0n) is 19.4. The lowest BCUT2D eigenvalue weighted by Crippen LogP contribution is -2.06. The van der Waals surface area contributed by atoms with Crippen molar-refractivity contribution in [3.05, 3.63) is 82.2 Å². The Hall–Kier alpha value is -3.21. The molecule has 0 radical (unpaired) electrons. The minimum Gasteiger partial charge on any atom is -0.399 e. The van der Waals surface area contributed by atoms with Crippen LogP contribution >= 0.6 is 0 Å². The lowest BCUT2D eigenvalue weighted by atomic mass is 9.84. The maximum Gasteiger partial charge on any atom is 0.166 e. The van der Waals surface area contributed by atoms with Crippen LogP contribution in [0.1, 0.15) is 61.8 Å². The van der Waals surface area contributed by atoms with Crippen LogP contribution in [0.4, 0.5) is 24.5 Å². The summed E-state index contributed by atoms with van der Waals surface area (Å²) in [5, 5.41) is 2.60. The van der Waals surface area contributed by atoms with E-state index in [9.17, 15) is 13.2 Å². The molecule has 0 aliphatic heterocycles. The topological polar surface area (TPSA) is 52.0 Å². The summed E-state index contributed by atoms with van der Waals surface area (Å²) in [6.07, 6.45) is 0.960. The molecular formula is C28H29F3N2. The second-order valence-electron chi connectivity index (χ2n) is 9.21. The molecule has 4 aromatic carbocycles. The molecule has 5 heteroatoms. The number of hydrogen-bond acceptors (Lipinski definition) is 2. The van der Waals surface area contributed by atoms with Gasteiger partial charge in [-0.1, -0.05) is 33.8 Å². The summed E-state index contributed by atoms with van der Waals surface area (Å²) in [7, 11) is 0. The molecule has 33 heavy (non-hydrogen) atoms. The number of aryl methyl sites for hydroxylation is 1. The van der Waals surface area contributed by atoms with E-state index < -0.39 is 11.6 Å². The Balaban J connectivity index is 1.93. The highest BCUT2D eigenvalue weighted by Crippen LogP contribution is 2.38. The molecule has 0 fully saturated rings. The zero-order valence-corrected chi connectivity index (χ0v) is 19.4. The number of benzene rings is 4. The average Bonchev–Trinajstić information content (AvgIpc) is 2.76. The second-order valence-corrected chi connectivity index (χ2v) is 9.21. The highest BCUT2D eigenvalue weighted by molar-refractivity contribution is 5.94. The van der Waals surface area contributed by atoms with Gasteiger partial charge >= 0.3 is 0 Å². The quantitative estimate of drug-likeness (QED) is 0.308. The number of halogens is 3. The van der Waals surface area contributed by atoms with Crippen LogP contribution in [0, 0.1) is 17.5 Å². The minimum absolute atomic E-state index is 0.0227. The van der Waals surface area contributed by atoms with Crippen molar-refractivity contribution in [1.29, 1.82) is 0 Å². The van der Waals surface area contributed by atoms with Gasteiger partial charge in [0.05, 0.1) is 0 Å². The predicted molar refractivity (Wildman–Crippen MR) is 132 cm³/mol. The Morgan fingerprint density at radius 3 is 2.12 bits per heavy atom. The van der Waals surface area contributed by atoms with Gasteiger partial charge in [-0.3, -0.25) is 0 Å². The molecule has 172 valence electrons. The first-order chi connectivity index (χ1) is 15.6. The number of anilines is 2. The molecule has 0 aliphatic rings. The van der Waals surface area contributed by atoms with Gasteiger partial charge in [0.2, 0.25) is 0 Å². The summed E-state index contributed by atoms with van der Waals surface area (Å²) in [4.78, 5) is 0. The smallest absolute Gasteiger partial charge is 0.166 e. The summed E-state index contributed by atoms with van der Waals surface area (Å²) in [6, 6.07) is 11.6. The Morgan fingerprint density at radius 1 is 0.788 bits per heavy atom. The van der Waals surface area contributed by atoms with Crippen molar-refractivity contribution in [2.45, 2.75) is 52.4 Å². The van der Waals surface area contributed by atoms with E-state index in [1.807, 2.05) is 39.8 Å². The molecule has 0 saturated heterocycles. The van der Waals surface area contributed by atoms with E-state index >= 15 is 0 Å². The monoisotopic (exact) mass is 450 g/mol. The number of rotatable bonds is 5. The van der Waals surface area contributed by atoms with Crippen LogP contribution in [-0.4, -0.2) is 0 Å². The van der Waals surface area contributed by atoms with Crippen molar-refractivity contribution in [3.8, 4) is 0 Å². The molecule has 1 atom stereocenters. The third kappa shape index (κ3) is 4.01. The largest absolute Gasteiger partial charge is 0.399 e. The third-order valence-corrected chi connectivity index (χ3v) is 6.52. The lowest BCUT2D eigenvalue weighted by molar-refractivity contribution is 0.514.